The van der Waals surface area contributed by atoms with E-state index in [0.717, 1.165) is 46.0 Å². The number of imidazole rings is 1. The highest BCUT2D eigenvalue weighted by atomic mass is 19.4. The Morgan fingerprint density at radius 3 is 2.39 bits per heavy atom. The first-order valence-corrected chi connectivity index (χ1v) is 10.8. The second-order valence-corrected chi connectivity index (χ2v) is 8.12. The topological polar surface area (TPSA) is 58.1 Å². The molecule has 0 fully saturated rings. The number of aromatic amines is 1. The zero-order valence-electron chi connectivity index (χ0n) is 18.4. The lowest BCUT2D eigenvalue weighted by Gasteiger charge is -2.17. The average Bonchev–Trinajstić information content (AvgIpc) is 3.20. The molecular weight excluding hydrogens is 429 g/mol. The summed E-state index contributed by atoms with van der Waals surface area (Å²) in [6.07, 6.45) is -5.46. The van der Waals surface area contributed by atoms with E-state index in [1.165, 1.54) is 0 Å². The maximum Gasteiger partial charge on any atom is 0.425 e. The third-order valence-corrected chi connectivity index (χ3v) is 5.60. The van der Waals surface area contributed by atoms with Gasteiger partial charge in [-0.05, 0) is 66.8 Å². The zero-order chi connectivity index (χ0) is 23.6. The van der Waals surface area contributed by atoms with Crippen molar-refractivity contribution in [2.24, 2.45) is 0 Å². The fourth-order valence-electron chi connectivity index (χ4n) is 3.74. The van der Waals surface area contributed by atoms with Gasteiger partial charge < -0.3 is 14.8 Å². The van der Waals surface area contributed by atoms with Gasteiger partial charge in [0, 0.05) is 6.42 Å². The number of hydrogen-bond donors (Lipinski definition) is 2. The number of nitrogens with zero attached hydrogens (tertiary/aromatic N) is 1. The number of fused-ring (bicyclic) bond motifs is 1. The molecule has 4 rings (SSSR count). The summed E-state index contributed by atoms with van der Waals surface area (Å²) in [6, 6.07) is 20.4. The highest BCUT2D eigenvalue weighted by molar-refractivity contribution is 5.83. The summed E-state index contributed by atoms with van der Waals surface area (Å²) in [5, 5.41) is 10.1. The van der Waals surface area contributed by atoms with Gasteiger partial charge in [-0.25, -0.2) is 4.98 Å². The number of benzene rings is 3. The third-order valence-electron chi connectivity index (χ3n) is 5.60. The van der Waals surface area contributed by atoms with Crippen molar-refractivity contribution in [3.63, 3.8) is 0 Å². The first-order chi connectivity index (χ1) is 15.7. The van der Waals surface area contributed by atoms with Crippen molar-refractivity contribution < 1.29 is 23.0 Å². The lowest BCUT2D eigenvalue weighted by Crippen LogP contribution is -2.31. The van der Waals surface area contributed by atoms with Gasteiger partial charge in [-0.2, -0.15) is 13.2 Å². The van der Waals surface area contributed by atoms with Crippen LogP contribution in [0.25, 0.3) is 22.2 Å². The lowest BCUT2D eigenvalue weighted by atomic mass is 9.96. The van der Waals surface area contributed by atoms with Crippen LogP contribution in [0.2, 0.25) is 0 Å². The second kappa shape index (κ2) is 9.27. The standard InChI is InChI=1S/C26H25F3N2O2/c1-16(32)21-5-3-4-6-22(21)19-10-13-23-24(15-19)31-25(30-23)14-9-18-7-11-20(12-8-18)33-17(2)26(27,28)29/h3-8,10-13,15-17,32H,9,14H2,1-2H3,(H,30,31). The van der Waals surface area contributed by atoms with Crippen molar-refractivity contribution >= 4 is 11.0 Å². The molecule has 2 N–H and O–H groups in total. The molecule has 0 saturated heterocycles. The summed E-state index contributed by atoms with van der Waals surface area (Å²) >= 11 is 0. The smallest absolute Gasteiger partial charge is 0.425 e. The van der Waals surface area contributed by atoms with Gasteiger partial charge in [-0.3, -0.25) is 0 Å². The molecule has 172 valence electrons. The molecule has 4 nitrogen and oxygen atoms in total. The quantitative estimate of drug-likeness (QED) is 0.340. The first-order valence-electron chi connectivity index (χ1n) is 10.8. The fourth-order valence-corrected chi connectivity index (χ4v) is 3.74. The molecule has 2 atom stereocenters. The summed E-state index contributed by atoms with van der Waals surface area (Å²) in [5.41, 5.74) is 5.59. The van der Waals surface area contributed by atoms with Crippen molar-refractivity contribution in [2.45, 2.75) is 45.1 Å². The molecular formula is C26H25F3N2O2. The van der Waals surface area contributed by atoms with Gasteiger partial charge in [0.1, 0.15) is 11.6 Å². The van der Waals surface area contributed by atoms with E-state index in [2.05, 4.69) is 9.97 Å². The molecule has 33 heavy (non-hydrogen) atoms. The van der Waals surface area contributed by atoms with E-state index in [0.29, 0.717) is 12.8 Å². The molecule has 0 saturated carbocycles. The molecule has 0 aliphatic heterocycles. The Balaban J connectivity index is 1.45. The lowest BCUT2D eigenvalue weighted by molar-refractivity contribution is -0.189. The fraction of sp³-hybridized carbons (Fsp3) is 0.269. The van der Waals surface area contributed by atoms with E-state index >= 15 is 0 Å². The summed E-state index contributed by atoms with van der Waals surface area (Å²) in [6.45, 7) is 2.74. The van der Waals surface area contributed by atoms with E-state index in [-0.39, 0.29) is 5.75 Å². The van der Waals surface area contributed by atoms with Crippen LogP contribution < -0.4 is 4.74 Å². The van der Waals surface area contributed by atoms with E-state index in [4.69, 9.17) is 4.74 Å². The molecule has 4 aromatic rings. The van der Waals surface area contributed by atoms with Gasteiger partial charge in [0.25, 0.3) is 0 Å². The molecule has 0 aliphatic rings. The minimum Gasteiger partial charge on any atom is -0.481 e. The highest BCUT2D eigenvalue weighted by Crippen LogP contribution is 2.30. The normalized spacial score (nSPS) is 13.8. The molecule has 2 unspecified atom stereocenters. The Morgan fingerprint density at radius 1 is 0.970 bits per heavy atom. The first kappa shape index (κ1) is 22.9. The van der Waals surface area contributed by atoms with Gasteiger partial charge in [-0.15, -0.1) is 0 Å². The van der Waals surface area contributed by atoms with E-state index in [1.807, 2.05) is 42.5 Å². The van der Waals surface area contributed by atoms with Crippen LogP contribution in [-0.2, 0) is 12.8 Å². The minimum absolute atomic E-state index is 0.192. The summed E-state index contributed by atoms with van der Waals surface area (Å²) in [4.78, 5) is 8.00. The maximum atomic E-state index is 12.6. The number of aromatic nitrogens is 2. The average molecular weight is 454 g/mol. The number of H-pyrrole nitrogens is 1. The van der Waals surface area contributed by atoms with Gasteiger partial charge in [0.2, 0.25) is 0 Å². The van der Waals surface area contributed by atoms with Crippen molar-refractivity contribution in [1.82, 2.24) is 9.97 Å². The van der Waals surface area contributed by atoms with E-state index in [1.54, 1.807) is 31.2 Å². The molecule has 1 aromatic heterocycles. The van der Waals surface area contributed by atoms with E-state index in [9.17, 15) is 18.3 Å². The number of halogens is 3. The number of aliphatic hydroxyl groups is 1. The van der Waals surface area contributed by atoms with Crippen molar-refractivity contribution in [3.05, 3.63) is 83.7 Å². The number of rotatable bonds is 7. The Hall–Kier alpha value is -3.32. The number of nitrogens with one attached hydrogen (secondary N) is 1. The number of ether oxygens (including phenoxy) is 1. The van der Waals surface area contributed by atoms with Crippen LogP contribution in [0.1, 0.15) is 36.9 Å². The molecule has 3 aromatic carbocycles. The Morgan fingerprint density at radius 2 is 1.70 bits per heavy atom. The predicted molar refractivity (Wildman–Crippen MR) is 122 cm³/mol. The SMILES string of the molecule is CC(O)c1ccccc1-c1ccc2nc(CCc3ccc(OC(C)C(F)(F)F)cc3)[nH]c2c1. The van der Waals surface area contributed by atoms with Gasteiger partial charge in [0.15, 0.2) is 6.10 Å². The predicted octanol–water partition coefficient (Wildman–Crippen LogP) is 6.40. The second-order valence-electron chi connectivity index (χ2n) is 8.12. The van der Waals surface area contributed by atoms with Crippen LogP contribution in [0.5, 0.6) is 5.75 Å². The van der Waals surface area contributed by atoms with Crippen LogP contribution >= 0.6 is 0 Å². The largest absolute Gasteiger partial charge is 0.481 e. The Labute approximate surface area is 190 Å². The molecule has 0 aliphatic carbocycles. The summed E-state index contributed by atoms with van der Waals surface area (Å²) in [5.74, 6) is 1.02. The summed E-state index contributed by atoms with van der Waals surface area (Å²) < 4.78 is 42.9. The van der Waals surface area contributed by atoms with E-state index < -0.39 is 18.4 Å². The van der Waals surface area contributed by atoms with Crippen molar-refractivity contribution in [2.75, 3.05) is 0 Å². The molecule has 0 bridgehead atoms. The molecule has 0 spiro atoms. The number of aliphatic hydroxyl groups excluding tert-OH is 1. The number of alkyl halides is 3. The molecule has 1 heterocycles. The Kier molecular flexibility index (Phi) is 6.42. The van der Waals surface area contributed by atoms with Crippen LogP contribution in [0.4, 0.5) is 13.2 Å². The van der Waals surface area contributed by atoms with Crippen molar-refractivity contribution in [3.8, 4) is 16.9 Å². The van der Waals surface area contributed by atoms with Crippen LogP contribution in [0, 0.1) is 0 Å². The van der Waals surface area contributed by atoms with Crippen LogP contribution in [-0.4, -0.2) is 27.4 Å². The van der Waals surface area contributed by atoms with Crippen LogP contribution in [0.3, 0.4) is 0 Å². The maximum absolute atomic E-state index is 12.6. The monoisotopic (exact) mass is 454 g/mol. The minimum atomic E-state index is -4.39. The zero-order valence-corrected chi connectivity index (χ0v) is 18.4. The van der Waals surface area contributed by atoms with Gasteiger partial charge >= 0.3 is 6.18 Å². The number of aryl methyl sites for hydroxylation is 2. The van der Waals surface area contributed by atoms with Gasteiger partial charge in [-0.1, -0.05) is 42.5 Å². The molecule has 0 amide bonds. The molecule has 0 radical (unpaired) electrons. The highest BCUT2D eigenvalue weighted by Gasteiger charge is 2.38. The Bertz CT molecular complexity index is 1230. The van der Waals surface area contributed by atoms with Gasteiger partial charge in [0.05, 0.1) is 17.1 Å². The summed E-state index contributed by atoms with van der Waals surface area (Å²) in [7, 11) is 0. The van der Waals surface area contributed by atoms with Crippen LogP contribution in [0.15, 0.2) is 66.7 Å². The third kappa shape index (κ3) is 5.37. The molecule has 7 heteroatoms. The van der Waals surface area contributed by atoms with Crippen molar-refractivity contribution in [1.29, 1.82) is 0 Å². The number of hydrogen-bond acceptors (Lipinski definition) is 3.